The van der Waals surface area contributed by atoms with Gasteiger partial charge < -0.3 is 10.5 Å². The fraction of sp³-hybridized carbons (Fsp3) is 0.200. The van der Waals surface area contributed by atoms with Gasteiger partial charge in [-0.3, -0.25) is 10.1 Å². The van der Waals surface area contributed by atoms with Crippen molar-refractivity contribution in [1.29, 1.82) is 0 Å². The second kappa shape index (κ2) is 5.89. The average molecular weight is 307 g/mol. The Bertz CT molecular complexity index is 614. The number of carbonyl (C=O) groups excluding carboxylic acids is 2. The van der Waals surface area contributed by atoms with Crippen LogP contribution < -0.4 is 15.8 Å². The van der Waals surface area contributed by atoms with Crippen LogP contribution in [0.15, 0.2) is 23.1 Å². The summed E-state index contributed by atoms with van der Waals surface area (Å²) in [6.07, 6.45) is 0. The van der Waals surface area contributed by atoms with Gasteiger partial charge in [-0.25, -0.2) is 13.2 Å². The third-order valence-corrected chi connectivity index (χ3v) is 3.40. The summed E-state index contributed by atoms with van der Waals surface area (Å²) in [5, 5.41) is 1.83. The zero-order chi connectivity index (χ0) is 14.6. The van der Waals surface area contributed by atoms with Crippen molar-refractivity contribution in [3.8, 4) is 5.75 Å². The van der Waals surface area contributed by atoms with Crippen molar-refractivity contribution >= 4 is 31.7 Å². The minimum absolute atomic E-state index is 0.0689. The van der Waals surface area contributed by atoms with Gasteiger partial charge in [-0.15, -0.1) is 0 Å². The molecular formula is C10H11ClN2O5S. The smallest absolute Gasteiger partial charge is 0.318 e. The van der Waals surface area contributed by atoms with E-state index in [0.29, 0.717) is 11.3 Å². The number of halogens is 1. The summed E-state index contributed by atoms with van der Waals surface area (Å²) in [6, 6.07) is 2.94. The second-order valence-electron chi connectivity index (χ2n) is 3.57. The van der Waals surface area contributed by atoms with Gasteiger partial charge in [0.25, 0.3) is 15.0 Å². The average Bonchev–Trinajstić information content (AvgIpc) is 2.25. The first-order chi connectivity index (χ1) is 8.70. The molecule has 0 fully saturated rings. The fourth-order valence-corrected chi connectivity index (χ4v) is 2.09. The third-order valence-electron chi connectivity index (χ3n) is 2.05. The van der Waals surface area contributed by atoms with Gasteiger partial charge in [0.15, 0.2) is 6.61 Å². The van der Waals surface area contributed by atoms with E-state index >= 15 is 0 Å². The Morgan fingerprint density at radius 3 is 2.53 bits per heavy atom. The van der Waals surface area contributed by atoms with Gasteiger partial charge in [0.05, 0.1) is 4.90 Å². The number of ether oxygens (including phenoxy) is 1. The molecule has 0 aromatic heterocycles. The van der Waals surface area contributed by atoms with Gasteiger partial charge in [-0.05, 0) is 30.7 Å². The summed E-state index contributed by atoms with van der Waals surface area (Å²) in [5.74, 6) is -0.412. The Kier molecular flexibility index (Phi) is 4.73. The SMILES string of the molecule is Cc1cc(S(=O)(=O)Cl)ccc1OCC(=O)NC(N)=O. The number of rotatable bonds is 4. The van der Waals surface area contributed by atoms with Gasteiger partial charge in [0.1, 0.15) is 5.75 Å². The van der Waals surface area contributed by atoms with E-state index in [9.17, 15) is 18.0 Å². The number of carbonyl (C=O) groups is 2. The second-order valence-corrected chi connectivity index (χ2v) is 6.13. The van der Waals surface area contributed by atoms with Crippen LogP contribution in [0.5, 0.6) is 5.75 Å². The molecule has 1 rings (SSSR count). The molecule has 0 aliphatic rings. The molecule has 1 aromatic rings. The number of urea groups is 1. The zero-order valence-corrected chi connectivity index (χ0v) is 11.4. The molecule has 9 heteroatoms. The predicted octanol–water partition coefficient (Wildman–Crippen LogP) is 0.496. The lowest BCUT2D eigenvalue weighted by Gasteiger charge is -2.09. The molecule has 0 saturated heterocycles. The van der Waals surface area contributed by atoms with Gasteiger partial charge in [0.2, 0.25) is 0 Å². The van der Waals surface area contributed by atoms with Crippen molar-refractivity contribution in [1.82, 2.24) is 5.32 Å². The lowest BCUT2D eigenvalue weighted by molar-refractivity contribution is -0.121. The number of nitrogens with two attached hydrogens (primary N) is 1. The highest BCUT2D eigenvalue weighted by molar-refractivity contribution is 8.13. The van der Waals surface area contributed by atoms with Crippen molar-refractivity contribution in [2.45, 2.75) is 11.8 Å². The van der Waals surface area contributed by atoms with Crippen LogP contribution in [0, 0.1) is 6.92 Å². The molecule has 0 heterocycles. The quantitative estimate of drug-likeness (QED) is 0.786. The molecule has 0 aliphatic carbocycles. The molecule has 0 unspecified atom stereocenters. The minimum Gasteiger partial charge on any atom is -0.483 e. The number of hydrogen-bond acceptors (Lipinski definition) is 5. The molecule has 3 amide bonds. The van der Waals surface area contributed by atoms with Crippen molar-refractivity contribution < 1.29 is 22.7 Å². The van der Waals surface area contributed by atoms with Crippen LogP contribution in [0.2, 0.25) is 0 Å². The summed E-state index contributed by atoms with van der Waals surface area (Å²) in [5.41, 5.74) is 5.23. The number of primary amides is 1. The molecule has 3 N–H and O–H groups in total. The summed E-state index contributed by atoms with van der Waals surface area (Å²) < 4.78 is 27.3. The van der Waals surface area contributed by atoms with Crippen molar-refractivity contribution in [2.24, 2.45) is 5.73 Å². The van der Waals surface area contributed by atoms with E-state index in [1.807, 2.05) is 5.32 Å². The lowest BCUT2D eigenvalue weighted by atomic mass is 10.2. The van der Waals surface area contributed by atoms with E-state index in [2.05, 4.69) is 0 Å². The van der Waals surface area contributed by atoms with Crippen LogP contribution in [-0.2, 0) is 13.8 Å². The van der Waals surface area contributed by atoms with Crippen LogP contribution in [0.4, 0.5) is 4.79 Å². The topological polar surface area (TPSA) is 116 Å². The highest BCUT2D eigenvalue weighted by atomic mass is 35.7. The molecule has 0 atom stereocenters. The Morgan fingerprint density at radius 2 is 2.05 bits per heavy atom. The fourth-order valence-electron chi connectivity index (χ4n) is 1.25. The van der Waals surface area contributed by atoms with Crippen LogP contribution in [0.3, 0.4) is 0 Å². The Hall–Kier alpha value is -1.80. The maximum atomic E-state index is 11.1. The van der Waals surface area contributed by atoms with Crippen LogP contribution in [0.1, 0.15) is 5.56 Å². The number of aryl methyl sites for hydroxylation is 1. The van der Waals surface area contributed by atoms with Gasteiger partial charge in [-0.1, -0.05) is 0 Å². The van der Waals surface area contributed by atoms with Gasteiger partial charge in [-0.2, -0.15) is 0 Å². The highest BCUT2D eigenvalue weighted by Crippen LogP contribution is 2.23. The van der Waals surface area contributed by atoms with Crippen LogP contribution in [-0.4, -0.2) is 27.0 Å². The standard InChI is InChI=1S/C10H11ClN2O5S/c1-6-4-7(19(11,16)17)2-3-8(6)18-5-9(14)13-10(12)15/h2-4H,5H2,1H3,(H3,12,13,14,15). The monoisotopic (exact) mass is 306 g/mol. The first-order valence-electron chi connectivity index (χ1n) is 4.97. The number of amides is 3. The van der Waals surface area contributed by atoms with Crippen molar-refractivity contribution in [3.63, 3.8) is 0 Å². The van der Waals surface area contributed by atoms with E-state index < -0.39 is 27.6 Å². The lowest BCUT2D eigenvalue weighted by Crippen LogP contribution is -2.38. The molecule has 1 aromatic carbocycles. The maximum absolute atomic E-state index is 11.1. The molecule has 0 radical (unpaired) electrons. The molecule has 104 valence electrons. The third kappa shape index (κ3) is 4.76. The molecule has 19 heavy (non-hydrogen) atoms. The first kappa shape index (κ1) is 15.3. The summed E-state index contributed by atoms with van der Waals surface area (Å²) in [4.78, 5) is 21.4. The van der Waals surface area contributed by atoms with E-state index in [0.717, 1.165) is 0 Å². The van der Waals surface area contributed by atoms with Crippen LogP contribution in [0.25, 0.3) is 0 Å². The molecule has 0 bridgehead atoms. The van der Waals surface area contributed by atoms with E-state index in [1.54, 1.807) is 6.92 Å². The van der Waals surface area contributed by atoms with Gasteiger partial charge >= 0.3 is 6.03 Å². The highest BCUT2D eigenvalue weighted by Gasteiger charge is 2.12. The number of benzene rings is 1. The predicted molar refractivity (Wildman–Crippen MR) is 67.4 cm³/mol. The zero-order valence-electron chi connectivity index (χ0n) is 9.84. The Labute approximate surface area is 114 Å². The Morgan fingerprint density at radius 1 is 1.42 bits per heavy atom. The maximum Gasteiger partial charge on any atom is 0.318 e. The summed E-state index contributed by atoms with van der Waals surface area (Å²) >= 11 is 0. The van der Waals surface area contributed by atoms with Crippen LogP contribution >= 0.6 is 10.7 Å². The summed E-state index contributed by atoms with van der Waals surface area (Å²) in [7, 11) is 1.37. The van der Waals surface area contributed by atoms with Crippen molar-refractivity contribution in [3.05, 3.63) is 23.8 Å². The molecule has 7 nitrogen and oxygen atoms in total. The van der Waals surface area contributed by atoms with Crippen molar-refractivity contribution in [2.75, 3.05) is 6.61 Å². The first-order valence-corrected chi connectivity index (χ1v) is 7.28. The van der Waals surface area contributed by atoms with E-state index in [4.69, 9.17) is 21.2 Å². The van der Waals surface area contributed by atoms with E-state index in [-0.39, 0.29) is 4.90 Å². The minimum atomic E-state index is -3.81. The number of imide groups is 1. The Balaban J connectivity index is 2.76. The molecular weight excluding hydrogens is 296 g/mol. The largest absolute Gasteiger partial charge is 0.483 e. The number of nitrogens with one attached hydrogen (secondary N) is 1. The van der Waals surface area contributed by atoms with Gasteiger partial charge in [0, 0.05) is 10.7 Å². The molecule has 0 aliphatic heterocycles. The molecule has 0 saturated carbocycles. The summed E-state index contributed by atoms with van der Waals surface area (Å²) in [6.45, 7) is 1.17. The number of hydrogen-bond donors (Lipinski definition) is 2. The normalized spacial score (nSPS) is 10.8. The van der Waals surface area contributed by atoms with E-state index in [1.165, 1.54) is 18.2 Å². The molecule has 0 spiro atoms.